The number of hydrogen-bond donors (Lipinski definition) is 3. The first-order chi connectivity index (χ1) is 21.5. The van der Waals surface area contributed by atoms with Gasteiger partial charge < -0.3 is 26.0 Å². The predicted octanol–water partition coefficient (Wildman–Crippen LogP) is 5.82. The van der Waals surface area contributed by atoms with Crippen LogP contribution >= 0.6 is 0 Å². The van der Waals surface area contributed by atoms with Crippen molar-refractivity contribution >= 4 is 23.4 Å². The summed E-state index contributed by atoms with van der Waals surface area (Å²) in [4.78, 5) is 42.2. The van der Waals surface area contributed by atoms with Gasteiger partial charge in [0.15, 0.2) is 0 Å². The standard InChI is InChI=1S/C36H45FN4O4/c1-23(2)17-30-11-8-16-41(30)36(44)27-20-26(21-31(22-27)45-4)35(43)40-33(19-25-9-6-5-7-10-25)32(38)18-24(3)34(42)39-29-14-12-28(37)13-15-29/h5-7,9-10,12-15,20-24,30,32-33H,8,11,16-19,38H2,1-4H3,(H,39,42)(H,40,43)/t24-,30-,32+,33+/m1/s1. The number of ether oxygens (including phenoxy) is 1. The van der Waals surface area contributed by atoms with Crippen LogP contribution in [0.2, 0.25) is 0 Å². The Morgan fingerprint density at radius 1 is 1.00 bits per heavy atom. The fourth-order valence-corrected chi connectivity index (χ4v) is 5.94. The molecule has 4 rings (SSSR count). The Morgan fingerprint density at radius 3 is 2.36 bits per heavy atom. The molecule has 0 saturated carbocycles. The van der Waals surface area contributed by atoms with Crippen molar-refractivity contribution in [3.63, 3.8) is 0 Å². The molecule has 0 aromatic heterocycles. The van der Waals surface area contributed by atoms with Gasteiger partial charge in [0.05, 0.1) is 7.11 Å². The van der Waals surface area contributed by atoms with Gasteiger partial charge in [-0.1, -0.05) is 51.1 Å². The molecule has 3 aromatic carbocycles. The molecule has 1 fully saturated rings. The highest BCUT2D eigenvalue weighted by Crippen LogP contribution is 2.27. The Kier molecular flexibility index (Phi) is 11.7. The van der Waals surface area contributed by atoms with Crippen LogP contribution < -0.4 is 21.1 Å². The van der Waals surface area contributed by atoms with Gasteiger partial charge in [0.2, 0.25) is 5.91 Å². The fraction of sp³-hybridized carbons (Fsp3) is 0.417. The molecule has 1 heterocycles. The number of nitrogens with two attached hydrogens (primary N) is 1. The molecule has 0 spiro atoms. The molecule has 1 aliphatic rings. The Bertz CT molecular complexity index is 1450. The van der Waals surface area contributed by atoms with Crippen LogP contribution in [-0.2, 0) is 11.2 Å². The lowest BCUT2D eigenvalue weighted by Gasteiger charge is -2.28. The van der Waals surface area contributed by atoms with Crippen LogP contribution in [0.4, 0.5) is 10.1 Å². The van der Waals surface area contributed by atoms with Gasteiger partial charge in [-0.05, 0) is 86.1 Å². The number of rotatable bonds is 13. The highest BCUT2D eigenvalue weighted by atomic mass is 19.1. The zero-order valence-electron chi connectivity index (χ0n) is 26.6. The van der Waals surface area contributed by atoms with Gasteiger partial charge in [-0.15, -0.1) is 0 Å². The van der Waals surface area contributed by atoms with E-state index in [1.165, 1.54) is 31.4 Å². The molecular formula is C36H45FN4O4. The van der Waals surface area contributed by atoms with Crippen molar-refractivity contribution in [3.05, 3.63) is 95.3 Å². The molecule has 8 nitrogen and oxygen atoms in total. The molecule has 1 aliphatic heterocycles. The second-order valence-electron chi connectivity index (χ2n) is 12.4. The summed E-state index contributed by atoms with van der Waals surface area (Å²) in [5, 5.41) is 5.88. The first kappa shape index (κ1) is 33.6. The van der Waals surface area contributed by atoms with Crippen molar-refractivity contribution in [1.29, 1.82) is 0 Å². The molecule has 240 valence electrons. The minimum Gasteiger partial charge on any atom is -0.497 e. The summed E-state index contributed by atoms with van der Waals surface area (Å²) in [5.41, 5.74) is 8.86. The second-order valence-corrected chi connectivity index (χ2v) is 12.4. The number of carbonyl (C=O) groups is 3. The van der Waals surface area contributed by atoms with Crippen molar-refractivity contribution in [1.82, 2.24) is 10.2 Å². The summed E-state index contributed by atoms with van der Waals surface area (Å²) in [6, 6.07) is 19.2. The summed E-state index contributed by atoms with van der Waals surface area (Å²) in [6.07, 6.45) is 3.60. The minimum absolute atomic E-state index is 0.107. The van der Waals surface area contributed by atoms with Gasteiger partial charge in [-0.2, -0.15) is 0 Å². The third kappa shape index (κ3) is 9.38. The van der Waals surface area contributed by atoms with Gasteiger partial charge in [0, 0.05) is 47.4 Å². The molecule has 0 aliphatic carbocycles. The summed E-state index contributed by atoms with van der Waals surface area (Å²) in [7, 11) is 1.51. The maximum Gasteiger partial charge on any atom is 0.254 e. The zero-order valence-corrected chi connectivity index (χ0v) is 26.6. The van der Waals surface area contributed by atoms with Crippen molar-refractivity contribution in [2.24, 2.45) is 17.6 Å². The molecule has 0 radical (unpaired) electrons. The first-order valence-electron chi connectivity index (χ1n) is 15.7. The molecule has 4 N–H and O–H groups in total. The zero-order chi connectivity index (χ0) is 32.5. The van der Waals surface area contributed by atoms with Crippen LogP contribution in [0, 0.1) is 17.7 Å². The average molecular weight is 617 g/mol. The molecule has 0 bridgehead atoms. The van der Waals surface area contributed by atoms with Gasteiger partial charge >= 0.3 is 0 Å². The Balaban J connectivity index is 1.52. The van der Waals surface area contributed by atoms with Crippen molar-refractivity contribution in [3.8, 4) is 5.75 Å². The lowest BCUT2D eigenvalue weighted by Crippen LogP contribution is -2.50. The number of halogens is 1. The average Bonchev–Trinajstić information content (AvgIpc) is 3.48. The number of anilines is 1. The van der Waals surface area contributed by atoms with Crippen molar-refractivity contribution < 1.29 is 23.5 Å². The van der Waals surface area contributed by atoms with Crippen LogP contribution in [0.5, 0.6) is 5.75 Å². The van der Waals surface area contributed by atoms with Crippen molar-refractivity contribution in [2.45, 2.75) is 71.0 Å². The number of likely N-dealkylation sites (tertiary alicyclic amines) is 1. The van der Waals surface area contributed by atoms with E-state index in [0.717, 1.165) is 24.8 Å². The topological polar surface area (TPSA) is 114 Å². The largest absolute Gasteiger partial charge is 0.497 e. The quantitative estimate of drug-likeness (QED) is 0.224. The van der Waals surface area contributed by atoms with E-state index >= 15 is 0 Å². The first-order valence-corrected chi connectivity index (χ1v) is 15.7. The lowest BCUT2D eigenvalue weighted by molar-refractivity contribution is -0.119. The van der Waals surface area contributed by atoms with Crippen LogP contribution in [0.15, 0.2) is 72.8 Å². The monoisotopic (exact) mass is 616 g/mol. The fourth-order valence-electron chi connectivity index (χ4n) is 5.94. The molecule has 4 atom stereocenters. The van der Waals surface area contributed by atoms with E-state index in [2.05, 4.69) is 24.5 Å². The van der Waals surface area contributed by atoms with Gasteiger partial charge in [-0.3, -0.25) is 14.4 Å². The van der Waals surface area contributed by atoms with E-state index in [0.29, 0.717) is 47.9 Å². The van der Waals surface area contributed by atoms with Crippen molar-refractivity contribution in [2.75, 3.05) is 19.0 Å². The van der Waals surface area contributed by atoms with Gasteiger partial charge in [0.1, 0.15) is 11.6 Å². The van der Waals surface area contributed by atoms with Crippen LogP contribution in [-0.4, -0.2) is 54.4 Å². The molecule has 45 heavy (non-hydrogen) atoms. The van der Waals surface area contributed by atoms with Crippen LogP contribution in [0.25, 0.3) is 0 Å². The normalized spacial score (nSPS) is 16.6. The molecule has 1 saturated heterocycles. The number of nitrogens with one attached hydrogen (secondary N) is 2. The summed E-state index contributed by atoms with van der Waals surface area (Å²) in [6.45, 7) is 6.77. The second kappa shape index (κ2) is 15.7. The van der Waals surface area contributed by atoms with Crippen LogP contribution in [0.1, 0.15) is 72.7 Å². The molecule has 3 amide bonds. The number of nitrogens with zero attached hydrogens (tertiary/aromatic N) is 1. The Labute approximate surface area is 265 Å². The van der Waals surface area contributed by atoms with E-state index in [9.17, 15) is 18.8 Å². The van der Waals surface area contributed by atoms with E-state index < -0.39 is 18.0 Å². The Hall–Kier alpha value is -4.24. The molecular weight excluding hydrogens is 571 g/mol. The predicted molar refractivity (Wildman–Crippen MR) is 175 cm³/mol. The van der Waals surface area contributed by atoms with E-state index in [-0.39, 0.29) is 29.6 Å². The van der Waals surface area contributed by atoms with E-state index in [1.54, 1.807) is 25.1 Å². The Morgan fingerprint density at radius 2 is 1.69 bits per heavy atom. The lowest BCUT2D eigenvalue weighted by atomic mass is 9.91. The number of hydrogen-bond acceptors (Lipinski definition) is 5. The molecule has 3 aromatic rings. The van der Waals surface area contributed by atoms with Crippen LogP contribution in [0.3, 0.4) is 0 Å². The maximum absolute atomic E-state index is 13.8. The highest BCUT2D eigenvalue weighted by molar-refractivity contribution is 6.00. The van der Waals surface area contributed by atoms with E-state index in [1.807, 2.05) is 35.2 Å². The highest BCUT2D eigenvalue weighted by Gasteiger charge is 2.31. The SMILES string of the molecule is COc1cc(C(=O)N[C@@H](Cc2ccccc2)[C@@H](N)C[C@@H](C)C(=O)Nc2ccc(F)cc2)cc(C(=O)N2CCC[C@@H]2CC(C)C)c1. The summed E-state index contributed by atoms with van der Waals surface area (Å²) >= 11 is 0. The minimum atomic E-state index is -0.573. The third-order valence-corrected chi connectivity index (χ3v) is 8.35. The number of carbonyl (C=O) groups excluding carboxylic acids is 3. The van der Waals surface area contributed by atoms with E-state index in [4.69, 9.17) is 10.5 Å². The van der Waals surface area contributed by atoms with Gasteiger partial charge in [0.25, 0.3) is 11.8 Å². The number of methoxy groups -OCH3 is 1. The maximum atomic E-state index is 13.8. The third-order valence-electron chi connectivity index (χ3n) is 8.35. The summed E-state index contributed by atoms with van der Waals surface area (Å²) < 4.78 is 18.8. The van der Waals surface area contributed by atoms with Gasteiger partial charge in [-0.25, -0.2) is 4.39 Å². The summed E-state index contributed by atoms with van der Waals surface area (Å²) in [5.74, 6) is -0.733. The molecule has 9 heteroatoms. The smallest absolute Gasteiger partial charge is 0.254 e. The molecule has 0 unspecified atom stereocenters. The number of benzene rings is 3. The number of amides is 3.